The van der Waals surface area contributed by atoms with Gasteiger partial charge in [-0.15, -0.1) is 11.8 Å². The zero-order valence-electron chi connectivity index (χ0n) is 31.7. The van der Waals surface area contributed by atoms with Crippen LogP contribution in [0.1, 0.15) is 47.4 Å². The van der Waals surface area contributed by atoms with Crippen molar-refractivity contribution in [1.82, 2.24) is 29.4 Å². The number of thioether (sulfide) groups is 1. The predicted octanol–water partition coefficient (Wildman–Crippen LogP) is 2.71. The molecule has 0 bridgehead atoms. The number of ether oxygens (including phenoxy) is 2. The largest absolute Gasteiger partial charge is 0.519 e. The summed E-state index contributed by atoms with van der Waals surface area (Å²) in [7, 11) is 0. The molecule has 21 heteroatoms. The van der Waals surface area contributed by atoms with Crippen LogP contribution in [0.25, 0.3) is 0 Å². The Morgan fingerprint density at radius 3 is 2.42 bits per heavy atom. The number of likely N-dealkylation sites (tertiary alicyclic amines) is 2. The number of nitrogens with zero attached hydrogens (tertiary/aromatic N) is 6. The Kier molecular flexibility index (Phi) is 11.3. The smallest absolute Gasteiger partial charge is 0.448 e. The molecule has 19 nitrogen and oxygen atoms in total. The lowest BCUT2D eigenvalue weighted by molar-refractivity contribution is -0.154. The summed E-state index contributed by atoms with van der Waals surface area (Å²) in [6.45, 7) is 2.14. The first-order valence-electron chi connectivity index (χ1n) is 18.6. The third-order valence-corrected chi connectivity index (χ3v) is 12.3. The summed E-state index contributed by atoms with van der Waals surface area (Å²) in [6, 6.07) is 16.8. The van der Waals surface area contributed by atoms with E-state index >= 15 is 0 Å². The molecule has 0 unspecified atom stereocenters. The number of carbonyl (C=O) groups is 5. The van der Waals surface area contributed by atoms with Crippen molar-refractivity contribution in [3.63, 3.8) is 0 Å². The summed E-state index contributed by atoms with van der Waals surface area (Å²) in [5, 5.41) is 14.5. The number of β-lactam (4-membered cyclic amide) rings is 1. The maximum atomic E-state index is 14.5. The summed E-state index contributed by atoms with van der Waals surface area (Å²) < 4.78 is 25.2. The molecule has 4 N–H and O–H groups in total. The molecule has 2 aromatic heterocycles. The SMILES string of the molecule is Cc1oc(=O)oc1COC(=O)N1CC[C@@H](N2CCC(=CC3=C(C(=O)OC(c4ccccc4)c4ccccc4)N4C(=O)[C@@H](NC(=O)/C(=N\O)c5nsc(N)n5)[C@H]4SC3)C2=O)C1. The van der Waals surface area contributed by atoms with E-state index in [0.717, 1.165) is 11.5 Å². The second-order valence-corrected chi connectivity index (χ2v) is 15.9. The number of oxime groups is 1. The number of aryl methyl sites for hydroxylation is 1. The standard InChI is InChI=1S/C39H36N8O11S2/c1-20-26(57-39(53)56-20)18-55-38(52)45-14-13-25(17-45)46-15-12-23(33(46)49)16-24-19-59-35-28(41-32(48)27(43-54)31-42-37(40)60-44-31)34(50)47(35)29(24)36(51)58-30(21-8-4-2-5-9-21)22-10-6-3-7-11-22/h2-11,16,25,28,30,35,54H,12-15,17-19H2,1H3,(H,41,48)(H2,40,42,44)/b23-16?,43-27-/t25-,28-,35-/m1/s1. The lowest BCUT2D eigenvalue weighted by Gasteiger charge is -2.49. The van der Waals surface area contributed by atoms with Crippen molar-refractivity contribution in [1.29, 1.82) is 0 Å². The molecule has 6 heterocycles. The second-order valence-electron chi connectivity index (χ2n) is 14.0. The van der Waals surface area contributed by atoms with Crippen LogP contribution in [0.15, 0.2) is 102 Å². The minimum atomic E-state index is -1.13. The highest BCUT2D eigenvalue weighted by molar-refractivity contribution is 8.00. The van der Waals surface area contributed by atoms with Gasteiger partial charge in [0.2, 0.25) is 17.4 Å². The van der Waals surface area contributed by atoms with Crippen LogP contribution in [0.2, 0.25) is 0 Å². The molecule has 3 saturated heterocycles. The lowest BCUT2D eigenvalue weighted by atomic mass is 9.99. The number of fused-ring (bicyclic) bond motifs is 1. The van der Waals surface area contributed by atoms with Crippen LogP contribution in [0.5, 0.6) is 0 Å². The van der Waals surface area contributed by atoms with Gasteiger partial charge in [0.15, 0.2) is 29.4 Å². The first-order chi connectivity index (χ1) is 29.0. The highest BCUT2D eigenvalue weighted by Crippen LogP contribution is 2.43. The van der Waals surface area contributed by atoms with Gasteiger partial charge in [0.1, 0.15) is 17.1 Å². The maximum absolute atomic E-state index is 14.5. The number of nitrogen functional groups attached to an aromatic ring is 1. The molecule has 3 atom stereocenters. The number of rotatable bonds is 11. The fraction of sp³-hybridized carbons (Fsp3) is 0.308. The van der Waals surface area contributed by atoms with Crippen LogP contribution in [0, 0.1) is 6.92 Å². The highest BCUT2D eigenvalue weighted by atomic mass is 32.2. The molecular weight excluding hydrogens is 821 g/mol. The average molecular weight is 857 g/mol. The van der Waals surface area contributed by atoms with E-state index in [4.69, 9.17) is 24.0 Å². The van der Waals surface area contributed by atoms with Crippen LogP contribution in [-0.4, -0.2) is 108 Å². The number of aromatic nitrogens is 2. The summed E-state index contributed by atoms with van der Waals surface area (Å²) in [5.41, 5.74) is 7.17. The van der Waals surface area contributed by atoms with E-state index < -0.39 is 52.9 Å². The van der Waals surface area contributed by atoms with Gasteiger partial charge < -0.3 is 44.4 Å². The number of anilines is 1. The summed E-state index contributed by atoms with van der Waals surface area (Å²) in [6.07, 6.45) is 0.965. The highest BCUT2D eigenvalue weighted by Gasteiger charge is 2.55. The zero-order valence-corrected chi connectivity index (χ0v) is 33.3. The van der Waals surface area contributed by atoms with Gasteiger partial charge in [0.25, 0.3) is 11.8 Å². The Bertz CT molecular complexity index is 2460. The second kappa shape index (κ2) is 16.9. The van der Waals surface area contributed by atoms with Gasteiger partial charge in [-0.3, -0.25) is 19.3 Å². The van der Waals surface area contributed by atoms with Crippen molar-refractivity contribution >= 4 is 63.9 Å². The van der Waals surface area contributed by atoms with Gasteiger partial charge in [-0.2, -0.15) is 9.36 Å². The van der Waals surface area contributed by atoms with Crippen LogP contribution in [0.3, 0.4) is 0 Å². The molecule has 0 aliphatic carbocycles. The molecule has 4 aromatic rings. The topological polar surface area (TPSA) is 253 Å². The fourth-order valence-electron chi connectivity index (χ4n) is 7.44. The van der Waals surface area contributed by atoms with E-state index in [1.165, 1.54) is 28.5 Å². The summed E-state index contributed by atoms with van der Waals surface area (Å²) in [4.78, 5) is 88.2. The molecule has 0 radical (unpaired) electrons. The van der Waals surface area contributed by atoms with Gasteiger partial charge in [-0.25, -0.2) is 14.4 Å². The van der Waals surface area contributed by atoms with Crippen LogP contribution in [0.4, 0.5) is 9.93 Å². The number of benzene rings is 2. The molecule has 4 amide bonds. The molecule has 310 valence electrons. The quantitative estimate of drug-likeness (QED) is 0.0490. The van der Waals surface area contributed by atoms with Crippen molar-refractivity contribution < 1.29 is 47.5 Å². The molecule has 0 saturated carbocycles. The molecule has 3 fully saturated rings. The normalized spacial score (nSPS) is 21.1. The van der Waals surface area contributed by atoms with Gasteiger partial charge in [-0.05, 0) is 42.5 Å². The van der Waals surface area contributed by atoms with Crippen LogP contribution in [-0.2, 0) is 35.3 Å². The minimum Gasteiger partial charge on any atom is -0.448 e. The monoisotopic (exact) mass is 856 g/mol. The Hall–Kier alpha value is -6.74. The van der Waals surface area contributed by atoms with Gasteiger partial charge >= 0.3 is 17.9 Å². The van der Waals surface area contributed by atoms with E-state index in [-0.39, 0.29) is 59.0 Å². The average Bonchev–Trinajstić information content (AvgIpc) is 4.06. The van der Waals surface area contributed by atoms with E-state index in [1.807, 2.05) is 60.7 Å². The van der Waals surface area contributed by atoms with E-state index in [0.29, 0.717) is 48.2 Å². The molecule has 60 heavy (non-hydrogen) atoms. The number of nitrogens with one attached hydrogen (secondary N) is 1. The summed E-state index contributed by atoms with van der Waals surface area (Å²) >= 11 is 2.05. The number of hydrogen-bond acceptors (Lipinski definition) is 17. The van der Waals surface area contributed by atoms with Crippen LogP contribution < -0.4 is 16.9 Å². The van der Waals surface area contributed by atoms with Gasteiger partial charge in [-0.1, -0.05) is 65.8 Å². The zero-order chi connectivity index (χ0) is 42.1. The third kappa shape index (κ3) is 7.87. The van der Waals surface area contributed by atoms with E-state index in [1.54, 1.807) is 11.0 Å². The van der Waals surface area contributed by atoms with Crippen molar-refractivity contribution in [3.05, 3.63) is 123 Å². The first kappa shape index (κ1) is 40.1. The number of esters is 1. The van der Waals surface area contributed by atoms with Crippen LogP contribution >= 0.6 is 23.3 Å². The van der Waals surface area contributed by atoms with Crippen molar-refractivity contribution in [2.45, 2.75) is 49.9 Å². The predicted molar refractivity (Wildman–Crippen MR) is 212 cm³/mol. The van der Waals surface area contributed by atoms with Gasteiger partial charge in [0.05, 0.1) is 6.04 Å². The number of nitrogens with two attached hydrogens (primary N) is 1. The van der Waals surface area contributed by atoms with Crippen molar-refractivity contribution in [3.8, 4) is 0 Å². The molecule has 4 aliphatic heterocycles. The third-order valence-electron chi connectivity index (χ3n) is 10.4. The Labute approximate surface area is 348 Å². The lowest BCUT2D eigenvalue weighted by Crippen LogP contribution is -2.71. The summed E-state index contributed by atoms with van der Waals surface area (Å²) in [5.74, 6) is -3.30. The van der Waals surface area contributed by atoms with E-state index in [2.05, 4.69) is 19.8 Å². The Morgan fingerprint density at radius 2 is 1.78 bits per heavy atom. The number of allylic oxidation sites excluding steroid dienone is 1. The minimum absolute atomic E-state index is 0.0383. The van der Waals surface area contributed by atoms with Crippen molar-refractivity contribution in [2.75, 3.05) is 31.1 Å². The van der Waals surface area contributed by atoms with Gasteiger partial charge in [0, 0.05) is 42.5 Å². The van der Waals surface area contributed by atoms with Crippen molar-refractivity contribution in [2.24, 2.45) is 5.16 Å². The Balaban J connectivity index is 1.03. The molecule has 8 rings (SSSR count). The molecule has 2 aromatic carbocycles. The molecular formula is C39H36N8O11S2. The molecule has 4 aliphatic rings. The first-order valence-corrected chi connectivity index (χ1v) is 20.5. The molecule has 0 spiro atoms. The Morgan fingerprint density at radius 1 is 1.07 bits per heavy atom. The number of carbonyl (C=O) groups excluding carboxylic acids is 5. The maximum Gasteiger partial charge on any atom is 0.519 e. The van der Waals surface area contributed by atoms with E-state index in [9.17, 15) is 34.0 Å². The fourth-order valence-corrected chi connectivity index (χ4v) is 9.18. The number of amides is 4. The number of hydrogen-bond donors (Lipinski definition) is 3.